The summed E-state index contributed by atoms with van der Waals surface area (Å²) in [6, 6.07) is 3.55. The lowest BCUT2D eigenvalue weighted by atomic mass is 10.1. The first-order valence-corrected chi connectivity index (χ1v) is 9.20. The van der Waals surface area contributed by atoms with Crippen LogP contribution in [0.1, 0.15) is 29.9 Å². The lowest BCUT2D eigenvalue weighted by Crippen LogP contribution is -2.42. The standard InChI is InChI=1S/C19H18F4N6O2/c1-3-28(12(2)11-31-16-10-24-15(9-25-16)19(21,22)23)18(30)13-5-4-6-14(20)17(13)29-26-7-8-27-29/h4-10,12H,3,11H2,1-2H3. The van der Waals surface area contributed by atoms with Crippen LogP contribution in [0, 0.1) is 5.82 Å². The summed E-state index contributed by atoms with van der Waals surface area (Å²) in [5.41, 5.74) is -1.17. The number of halogens is 4. The van der Waals surface area contributed by atoms with Gasteiger partial charge in [0.2, 0.25) is 5.88 Å². The molecule has 12 heteroatoms. The number of carbonyl (C=O) groups is 1. The van der Waals surface area contributed by atoms with E-state index in [1.807, 2.05) is 0 Å². The molecule has 164 valence electrons. The summed E-state index contributed by atoms with van der Waals surface area (Å²) in [7, 11) is 0. The topological polar surface area (TPSA) is 86.0 Å². The largest absolute Gasteiger partial charge is 0.474 e. The third-order valence-electron chi connectivity index (χ3n) is 4.36. The highest BCUT2D eigenvalue weighted by atomic mass is 19.4. The van der Waals surface area contributed by atoms with Crippen molar-refractivity contribution in [2.24, 2.45) is 0 Å². The summed E-state index contributed by atoms with van der Waals surface area (Å²) in [4.78, 5) is 22.4. The second-order valence-corrected chi connectivity index (χ2v) is 6.44. The number of benzene rings is 1. The van der Waals surface area contributed by atoms with Crippen LogP contribution in [0.25, 0.3) is 5.69 Å². The molecule has 0 aliphatic rings. The number of para-hydroxylation sites is 1. The molecule has 3 rings (SSSR count). The van der Waals surface area contributed by atoms with Crippen LogP contribution in [0.15, 0.2) is 43.0 Å². The number of aromatic nitrogens is 5. The fraction of sp³-hybridized carbons (Fsp3) is 0.316. The van der Waals surface area contributed by atoms with Gasteiger partial charge in [-0.25, -0.2) is 14.4 Å². The van der Waals surface area contributed by atoms with Crippen molar-refractivity contribution in [3.05, 3.63) is 60.1 Å². The molecule has 0 radical (unpaired) electrons. The molecule has 0 bridgehead atoms. The Morgan fingerprint density at radius 1 is 1.19 bits per heavy atom. The van der Waals surface area contributed by atoms with Crippen molar-refractivity contribution in [3.63, 3.8) is 0 Å². The van der Waals surface area contributed by atoms with E-state index in [1.165, 1.54) is 35.5 Å². The molecule has 0 aliphatic heterocycles. The zero-order valence-corrected chi connectivity index (χ0v) is 16.5. The number of amides is 1. The molecule has 3 aromatic rings. The van der Waals surface area contributed by atoms with E-state index in [9.17, 15) is 22.4 Å². The van der Waals surface area contributed by atoms with Crippen LogP contribution in [0.5, 0.6) is 5.88 Å². The molecule has 1 unspecified atom stereocenters. The summed E-state index contributed by atoms with van der Waals surface area (Å²) in [6.07, 6.45) is -0.448. The van der Waals surface area contributed by atoms with Crippen molar-refractivity contribution in [1.29, 1.82) is 0 Å². The molecule has 0 N–H and O–H groups in total. The fourth-order valence-electron chi connectivity index (χ4n) is 2.87. The number of hydrogen-bond donors (Lipinski definition) is 0. The van der Waals surface area contributed by atoms with Gasteiger partial charge < -0.3 is 9.64 Å². The zero-order valence-electron chi connectivity index (χ0n) is 16.5. The van der Waals surface area contributed by atoms with Crippen molar-refractivity contribution < 1.29 is 27.1 Å². The Morgan fingerprint density at radius 2 is 1.90 bits per heavy atom. The van der Waals surface area contributed by atoms with Gasteiger partial charge in [-0.15, -0.1) is 4.80 Å². The number of carbonyl (C=O) groups excluding carboxylic acids is 1. The smallest absolute Gasteiger partial charge is 0.434 e. The number of nitrogens with zero attached hydrogens (tertiary/aromatic N) is 6. The number of ether oxygens (including phenoxy) is 1. The summed E-state index contributed by atoms with van der Waals surface area (Å²) < 4.78 is 57.5. The minimum Gasteiger partial charge on any atom is -0.474 e. The molecule has 2 aromatic heterocycles. The second kappa shape index (κ2) is 9.06. The molecule has 0 aliphatic carbocycles. The van der Waals surface area contributed by atoms with E-state index in [2.05, 4.69) is 20.2 Å². The Hall–Kier alpha value is -3.57. The number of rotatable bonds is 7. The Labute approximate surface area is 174 Å². The molecule has 1 atom stereocenters. The van der Waals surface area contributed by atoms with Gasteiger partial charge in [0.05, 0.1) is 36.4 Å². The Morgan fingerprint density at radius 3 is 2.48 bits per heavy atom. The van der Waals surface area contributed by atoms with Crippen LogP contribution in [-0.4, -0.2) is 55.0 Å². The fourth-order valence-corrected chi connectivity index (χ4v) is 2.87. The van der Waals surface area contributed by atoms with Crippen molar-refractivity contribution in [3.8, 4) is 11.6 Å². The normalized spacial score (nSPS) is 12.5. The monoisotopic (exact) mass is 438 g/mol. The lowest BCUT2D eigenvalue weighted by Gasteiger charge is -2.28. The molecule has 2 heterocycles. The minimum absolute atomic E-state index is 0.0548. The third-order valence-corrected chi connectivity index (χ3v) is 4.36. The molecule has 0 fully saturated rings. The Balaban J connectivity index is 1.75. The highest BCUT2D eigenvalue weighted by Gasteiger charge is 2.33. The van der Waals surface area contributed by atoms with Crippen molar-refractivity contribution in [1.82, 2.24) is 29.9 Å². The van der Waals surface area contributed by atoms with E-state index in [0.29, 0.717) is 6.20 Å². The highest BCUT2D eigenvalue weighted by Crippen LogP contribution is 2.27. The second-order valence-electron chi connectivity index (χ2n) is 6.44. The number of hydrogen-bond acceptors (Lipinski definition) is 6. The molecule has 0 saturated heterocycles. The van der Waals surface area contributed by atoms with E-state index >= 15 is 0 Å². The first-order chi connectivity index (χ1) is 14.7. The molecule has 0 spiro atoms. The average Bonchev–Trinajstić information content (AvgIpc) is 3.26. The molecular formula is C19H18F4N6O2. The van der Waals surface area contributed by atoms with Crippen LogP contribution in [-0.2, 0) is 6.18 Å². The number of alkyl halides is 3. The molecule has 31 heavy (non-hydrogen) atoms. The van der Waals surface area contributed by atoms with E-state index in [-0.39, 0.29) is 30.3 Å². The van der Waals surface area contributed by atoms with Gasteiger partial charge in [0.15, 0.2) is 11.5 Å². The molecule has 1 aromatic carbocycles. The average molecular weight is 438 g/mol. The summed E-state index contributed by atoms with van der Waals surface area (Å²) in [5.74, 6) is -1.26. The van der Waals surface area contributed by atoms with E-state index in [0.717, 1.165) is 11.0 Å². The van der Waals surface area contributed by atoms with Crippen LogP contribution < -0.4 is 4.74 Å². The molecular weight excluding hydrogens is 420 g/mol. The van der Waals surface area contributed by atoms with Gasteiger partial charge in [0.1, 0.15) is 12.3 Å². The van der Waals surface area contributed by atoms with E-state index in [4.69, 9.17) is 4.74 Å². The van der Waals surface area contributed by atoms with Crippen molar-refractivity contribution >= 4 is 5.91 Å². The predicted octanol–water partition coefficient (Wildman–Crippen LogP) is 3.14. The highest BCUT2D eigenvalue weighted by molar-refractivity contribution is 5.98. The first kappa shape index (κ1) is 22.1. The van der Waals surface area contributed by atoms with Crippen molar-refractivity contribution in [2.75, 3.05) is 13.2 Å². The van der Waals surface area contributed by atoms with Gasteiger partial charge >= 0.3 is 6.18 Å². The number of likely N-dealkylation sites (N-methyl/N-ethyl adjacent to an activating group) is 1. The van der Waals surface area contributed by atoms with Gasteiger partial charge in [0, 0.05) is 6.54 Å². The lowest BCUT2D eigenvalue weighted by molar-refractivity contribution is -0.141. The third kappa shape index (κ3) is 4.95. The summed E-state index contributed by atoms with van der Waals surface area (Å²) in [6.45, 7) is 3.62. The maximum absolute atomic E-state index is 14.4. The van der Waals surface area contributed by atoms with Gasteiger partial charge in [-0.3, -0.25) is 4.79 Å². The van der Waals surface area contributed by atoms with E-state index in [1.54, 1.807) is 13.8 Å². The van der Waals surface area contributed by atoms with Gasteiger partial charge in [-0.1, -0.05) is 6.07 Å². The SMILES string of the molecule is CCN(C(=O)c1cccc(F)c1-n1nccn1)C(C)COc1cnc(C(F)(F)F)cn1. The zero-order chi connectivity index (χ0) is 22.6. The first-order valence-electron chi connectivity index (χ1n) is 9.20. The predicted molar refractivity (Wildman–Crippen MR) is 100 cm³/mol. The van der Waals surface area contributed by atoms with E-state index < -0.39 is 29.6 Å². The van der Waals surface area contributed by atoms with Crippen LogP contribution in [0.3, 0.4) is 0 Å². The van der Waals surface area contributed by atoms with Crippen molar-refractivity contribution in [2.45, 2.75) is 26.1 Å². The minimum atomic E-state index is -4.60. The maximum atomic E-state index is 14.4. The maximum Gasteiger partial charge on any atom is 0.434 e. The van der Waals surface area contributed by atoms with Crippen LogP contribution in [0.2, 0.25) is 0 Å². The van der Waals surface area contributed by atoms with Crippen LogP contribution >= 0.6 is 0 Å². The molecule has 8 nitrogen and oxygen atoms in total. The quantitative estimate of drug-likeness (QED) is 0.527. The van der Waals surface area contributed by atoms with Gasteiger partial charge in [-0.05, 0) is 26.0 Å². The van der Waals surface area contributed by atoms with Gasteiger partial charge in [0.25, 0.3) is 5.91 Å². The Bertz CT molecular complexity index is 1020. The molecule has 1 amide bonds. The Kier molecular flexibility index (Phi) is 6.47. The summed E-state index contributed by atoms with van der Waals surface area (Å²) >= 11 is 0. The summed E-state index contributed by atoms with van der Waals surface area (Å²) in [5, 5.41) is 7.79. The van der Waals surface area contributed by atoms with Crippen LogP contribution in [0.4, 0.5) is 17.6 Å². The van der Waals surface area contributed by atoms with Gasteiger partial charge in [-0.2, -0.15) is 23.4 Å². The molecule has 0 saturated carbocycles.